The standard InChI is InChI=1S/C43H48N4O8S/c1-27-21-39(38(51-4)25-36(27)46-56-34-15-11-32(12-16-34)47(48)49)54-33-13-8-28(9-14-33)7-10-29-23-40(37(50-3)22-30(29)17-19-44-2)55-42-35-26-45-20-18-31(35)24-41(52-5)43(42)53-6/h8-9,11-16,21-25,44-46H,7,10,17-20,26H2,1-6H3. The summed E-state index contributed by atoms with van der Waals surface area (Å²) in [5, 5.41) is 17.7. The van der Waals surface area contributed by atoms with Gasteiger partial charge in [0.25, 0.3) is 5.69 Å². The van der Waals surface area contributed by atoms with Crippen LogP contribution in [0.25, 0.3) is 0 Å². The molecule has 1 aliphatic rings. The van der Waals surface area contributed by atoms with E-state index in [0.717, 1.165) is 66.0 Å². The van der Waals surface area contributed by atoms with Gasteiger partial charge in [-0.1, -0.05) is 12.1 Å². The number of fused-ring (bicyclic) bond motifs is 1. The van der Waals surface area contributed by atoms with E-state index in [1.54, 1.807) is 40.6 Å². The predicted molar refractivity (Wildman–Crippen MR) is 220 cm³/mol. The fourth-order valence-corrected chi connectivity index (χ4v) is 7.34. The minimum atomic E-state index is -0.412. The third-order valence-corrected chi connectivity index (χ3v) is 10.5. The summed E-state index contributed by atoms with van der Waals surface area (Å²) in [5.41, 5.74) is 7.59. The summed E-state index contributed by atoms with van der Waals surface area (Å²) in [6.07, 6.45) is 3.29. The number of anilines is 1. The zero-order valence-corrected chi connectivity index (χ0v) is 33.4. The number of ether oxygens (including phenoxy) is 6. The average Bonchev–Trinajstić information content (AvgIpc) is 3.22. The zero-order chi connectivity index (χ0) is 39.6. The lowest BCUT2D eigenvalue weighted by Crippen LogP contribution is -2.24. The molecule has 0 amide bonds. The van der Waals surface area contributed by atoms with E-state index in [-0.39, 0.29) is 5.69 Å². The van der Waals surface area contributed by atoms with Gasteiger partial charge in [-0.25, -0.2) is 0 Å². The van der Waals surface area contributed by atoms with Crippen LogP contribution < -0.4 is 43.8 Å². The van der Waals surface area contributed by atoms with Crippen LogP contribution in [0.4, 0.5) is 11.4 Å². The van der Waals surface area contributed by atoms with E-state index in [4.69, 9.17) is 28.4 Å². The third-order valence-electron chi connectivity index (χ3n) is 9.71. The van der Waals surface area contributed by atoms with Crippen molar-refractivity contribution in [3.63, 3.8) is 0 Å². The lowest BCUT2D eigenvalue weighted by molar-refractivity contribution is -0.384. The van der Waals surface area contributed by atoms with Gasteiger partial charge in [-0.15, -0.1) is 0 Å². The van der Waals surface area contributed by atoms with Crippen LogP contribution >= 0.6 is 11.9 Å². The van der Waals surface area contributed by atoms with Gasteiger partial charge in [-0.05, 0) is 141 Å². The molecule has 294 valence electrons. The van der Waals surface area contributed by atoms with Crippen molar-refractivity contribution in [1.82, 2.24) is 10.6 Å². The van der Waals surface area contributed by atoms with Crippen molar-refractivity contribution in [3.8, 4) is 46.0 Å². The monoisotopic (exact) mass is 780 g/mol. The first-order chi connectivity index (χ1) is 27.2. The highest BCUT2D eigenvalue weighted by molar-refractivity contribution is 8.00. The summed E-state index contributed by atoms with van der Waals surface area (Å²) >= 11 is 1.36. The Kier molecular flexibility index (Phi) is 13.4. The summed E-state index contributed by atoms with van der Waals surface area (Å²) in [4.78, 5) is 11.4. The molecule has 0 fully saturated rings. The summed E-state index contributed by atoms with van der Waals surface area (Å²) in [6, 6.07) is 24.5. The molecule has 0 aromatic heterocycles. The molecule has 5 aromatic carbocycles. The number of nitro benzene ring substituents is 1. The maximum atomic E-state index is 11.0. The van der Waals surface area contributed by atoms with Crippen molar-refractivity contribution in [2.45, 2.75) is 44.0 Å². The summed E-state index contributed by atoms with van der Waals surface area (Å²) in [5.74, 6) is 4.95. The van der Waals surface area contributed by atoms with Gasteiger partial charge in [0.15, 0.2) is 34.5 Å². The van der Waals surface area contributed by atoms with Gasteiger partial charge < -0.3 is 43.8 Å². The Balaban J connectivity index is 1.17. The molecular formula is C43H48N4O8S. The van der Waals surface area contributed by atoms with Crippen LogP contribution in [0.1, 0.15) is 33.4 Å². The quantitative estimate of drug-likeness (QED) is 0.0446. The number of non-ortho nitro benzene ring substituents is 1. The van der Waals surface area contributed by atoms with Crippen molar-refractivity contribution in [2.24, 2.45) is 0 Å². The molecule has 0 aliphatic carbocycles. The minimum Gasteiger partial charge on any atom is -0.493 e. The van der Waals surface area contributed by atoms with Crippen LogP contribution in [-0.2, 0) is 32.2 Å². The van der Waals surface area contributed by atoms with E-state index in [1.807, 2.05) is 44.3 Å². The molecule has 0 saturated heterocycles. The number of nitrogens with zero attached hydrogens (tertiary/aromatic N) is 1. The maximum absolute atomic E-state index is 11.0. The number of benzene rings is 5. The van der Waals surface area contributed by atoms with Gasteiger partial charge in [0.2, 0.25) is 5.75 Å². The number of hydrogen-bond donors (Lipinski definition) is 3. The molecule has 0 atom stereocenters. The normalized spacial score (nSPS) is 12.0. The second kappa shape index (κ2) is 18.8. The Morgan fingerprint density at radius 3 is 2.11 bits per heavy atom. The smallest absolute Gasteiger partial charge is 0.269 e. The fourth-order valence-electron chi connectivity index (χ4n) is 6.62. The van der Waals surface area contributed by atoms with Crippen molar-refractivity contribution in [3.05, 3.63) is 122 Å². The Morgan fingerprint density at radius 2 is 1.43 bits per heavy atom. The fraction of sp³-hybridized carbons (Fsp3) is 0.302. The van der Waals surface area contributed by atoms with Crippen LogP contribution in [0.15, 0.2) is 83.8 Å². The SMILES string of the molecule is CNCCc1cc(OC)c(Oc2c3c(cc(OC)c2OC)CCNC3)cc1CCc1ccc(Oc2cc(C)c(NSc3ccc([N+](=O)[O-])cc3)cc2OC)cc1. The van der Waals surface area contributed by atoms with Crippen molar-refractivity contribution in [1.29, 1.82) is 0 Å². The van der Waals surface area contributed by atoms with Gasteiger partial charge in [0, 0.05) is 35.2 Å². The van der Waals surface area contributed by atoms with Gasteiger partial charge in [0.05, 0.1) is 39.0 Å². The number of hydrogen-bond acceptors (Lipinski definition) is 12. The number of likely N-dealkylation sites (N-methyl/N-ethyl adjacent to an activating group) is 1. The molecule has 0 bridgehead atoms. The number of methoxy groups -OCH3 is 4. The molecule has 3 N–H and O–H groups in total. The summed E-state index contributed by atoms with van der Waals surface area (Å²) in [6.45, 7) is 4.35. The first kappa shape index (κ1) is 40.0. The molecule has 5 aromatic rings. The second-order valence-electron chi connectivity index (χ2n) is 13.3. The average molecular weight is 781 g/mol. The molecule has 56 heavy (non-hydrogen) atoms. The minimum absolute atomic E-state index is 0.0517. The van der Waals surface area contributed by atoms with E-state index >= 15 is 0 Å². The van der Waals surface area contributed by atoms with Gasteiger partial charge in [-0.2, -0.15) is 0 Å². The first-order valence-corrected chi connectivity index (χ1v) is 19.2. The Morgan fingerprint density at radius 1 is 0.750 bits per heavy atom. The lowest BCUT2D eigenvalue weighted by atomic mass is 9.96. The molecule has 13 heteroatoms. The lowest BCUT2D eigenvalue weighted by Gasteiger charge is -2.25. The topological polar surface area (TPSA) is 135 Å². The molecule has 0 spiro atoms. The first-order valence-electron chi connectivity index (χ1n) is 18.4. The molecule has 0 saturated carbocycles. The molecular weight excluding hydrogens is 733 g/mol. The van der Waals surface area contributed by atoms with E-state index in [1.165, 1.54) is 40.8 Å². The zero-order valence-electron chi connectivity index (χ0n) is 32.6. The van der Waals surface area contributed by atoms with E-state index in [0.29, 0.717) is 52.5 Å². The molecule has 0 unspecified atom stereocenters. The number of rotatable bonds is 18. The van der Waals surface area contributed by atoms with E-state index in [9.17, 15) is 10.1 Å². The van der Waals surface area contributed by atoms with Crippen LogP contribution in [0.3, 0.4) is 0 Å². The van der Waals surface area contributed by atoms with Crippen molar-refractivity contribution >= 4 is 23.3 Å². The maximum Gasteiger partial charge on any atom is 0.269 e. The number of nitrogens with one attached hydrogen (secondary N) is 3. The molecule has 1 aliphatic heterocycles. The molecule has 1 heterocycles. The highest BCUT2D eigenvalue weighted by Gasteiger charge is 2.25. The molecule has 12 nitrogen and oxygen atoms in total. The summed E-state index contributed by atoms with van der Waals surface area (Å²) in [7, 11) is 8.50. The Bertz CT molecular complexity index is 2130. The van der Waals surface area contributed by atoms with Gasteiger partial charge >= 0.3 is 0 Å². The van der Waals surface area contributed by atoms with E-state index < -0.39 is 4.92 Å². The highest BCUT2D eigenvalue weighted by Crippen LogP contribution is 2.47. The largest absolute Gasteiger partial charge is 0.493 e. The summed E-state index contributed by atoms with van der Waals surface area (Å²) < 4.78 is 39.5. The second-order valence-corrected chi connectivity index (χ2v) is 14.1. The van der Waals surface area contributed by atoms with Crippen LogP contribution in [0.2, 0.25) is 0 Å². The van der Waals surface area contributed by atoms with Crippen molar-refractivity contribution < 1.29 is 33.3 Å². The third kappa shape index (κ3) is 9.41. The van der Waals surface area contributed by atoms with Crippen LogP contribution in [0.5, 0.6) is 46.0 Å². The van der Waals surface area contributed by atoms with Crippen LogP contribution in [0, 0.1) is 17.0 Å². The van der Waals surface area contributed by atoms with Crippen molar-refractivity contribution in [2.75, 3.05) is 53.3 Å². The predicted octanol–water partition coefficient (Wildman–Crippen LogP) is 8.83. The highest BCUT2D eigenvalue weighted by atomic mass is 32.2. The van der Waals surface area contributed by atoms with Crippen LogP contribution in [-0.4, -0.2) is 53.5 Å². The van der Waals surface area contributed by atoms with Gasteiger partial charge in [0.1, 0.15) is 5.75 Å². The number of aryl methyl sites for hydroxylation is 3. The van der Waals surface area contributed by atoms with E-state index in [2.05, 4.69) is 39.6 Å². The van der Waals surface area contributed by atoms with Gasteiger partial charge in [-0.3, -0.25) is 10.1 Å². The Labute approximate surface area is 332 Å². The Hall–Kier alpha value is -5.63. The number of nitro groups is 1. The molecule has 0 radical (unpaired) electrons. The molecule has 6 rings (SSSR count).